The molecule has 0 saturated heterocycles. The van der Waals surface area contributed by atoms with Crippen molar-refractivity contribution in [1.82, 2.24) is 4.90 Å². The molecule has 0 bridgehead atoms. The van der Waals surface area contributed by atoms with Crippen molar-refractivity contribution >= 4 is 11.9 Å². The number of likely N-dealkylation sites (N-methyl/N-ethyl adjacent to an activating group) is 1. The lowest BCUT2D eigenvalue weighted by atomic mass is 9.96. The van der Waals surface area contributed by atoms with Gasteiger partial charge in [0.15, 0.2) is 0 Å². The van der Waals surface area contributed by atoms with Crippen molar-refractivity contribution in [3.05, 3.63) is 0 Å². The minimum Gasteiger partial charge on any atom is -0.467 e. The van der Waals surface area contributed by atoms with Gasteiger partial charge in [0.25, 0.3) is 0 Å². The summed E-state index contributed by atoms with van der Waals surface area (Å²) in [7, 11) is 2.95. The van der Waals surface area contributed by atoms with Gasteiger partial charge in [-0.05, 0) is 12.8 Å². The number of rotatable bonds is 4. The molecular formula is C11H21NO3. The van der Waals surface area contributed by atoms with Gasteiger partial charge in [-0.25, -0.2) is 4.79 Å². The Morgan fingerprint density at radius 1 is 1.13 bits per heavy atom. The van der Waals surface area contributed by atoms with Crippen LogP contribution in [0.2, 0.25) is 0 Å². The van der Waals surface area contributed by atoms with Crippen LogP contribution in [0.4, 0.5) is 0 Å². The minimum atomic E-state index is -0.524. The van der Waals surface area contributed by atoms with E-state index in [0.29, 0.717) is 0 Å². The molecule has 0 aromatic rings. The van der Waals surface area contributed by atoms with Gasteiger partial charge < -0.3 is 9.64 Å². The summed E-state index contributed by atoms with van der Waals surface area (Å²) in [6, 6.07) is -0.524. The van der Waals surface area contributed by atoms with Crippen molar-refractivity contribution in [3.8, 4) is 0 Å². The van der Waals surface area contributed by atoms with E-state index in [1.165, 1.54) is 12.0 Å². The Morgan fingerprint density at radius 2 is 1.60 bits per heavy atom. The fourth-order valence-corrected chi connectivity index (χ4v) is 1.13. The summed E-state index contributed by atoms with van der Waals surface area (Å²) in [4.78, 5) is 24.5. The largest absolute Gasteiger partial charge is 0.467 e. The van der Waals surface area contributed by atoms with E-state index in [9.17, 15) is 9.59 Å². The Bertz CT molecular complexity index is 238. The van der Waals surface area contributed by atoms with Gasteiger partial charge in [-0.2, -0.15) is 0 Å². The Hall–Kier alpha value is -1.06. The average Bonchev–Trinajstić information content (AvgIpc) is 2.23. The first-order valence-corrected chi connectivity index (χ1v) is 5.17. The zero-order valence-corrected chi connectivity index (χ0v) is 10.4. The van der Waals surface area contributed by atoms with Crippen LogP contribution in [0.1, 0.15) is 27.7 Å². The second-order valence-electron chi connectivity index (χ2n) is 4.18. The maximum absolute atomic E-state index is 11.9. The molecule has 1 amide bonds. The first kappa shape index (κ1) is 13.9. The Kier molecular flexibility index (Phi) is 5.33. The standard InChI is InChI=1S/C11H21NO3/c1-7(2)8(3)10(13)12(5)9(4)11(14)15-6/h7-9H,1-6H3/t8?,9-/m0/s1. The van der Waals surface area contributed by atoms with Crippen LogP contribution in [0.3, 0.4) is 0 Å². The average molecular weight is 215 g/mol. The molecule has 0 radical (unpaired) electrons. The van der Waals surface area contributed by atoms with Crippen molar-refractivity contribution in [2.24, 2.45) is 11.8 Å². The van der Waals surface area contributed by atoms with Gasteiger partial charge in [-0.3, -0.25) is 4.79 Å². The molecule has 0 aliphatic rings. The Morgan fingerprint density at radius 3 is 1.93 bits per heavy atom. The van der Waals surface area contributed by atoms with Gasteiger partial charge in [0.2, 0.25) is 5.91 Å². The SMILES string of the molecule is COC(=O)[C@H](C)N(C)C(=O)C(C)C(C)C. The van der Waals surface area contributed by atoms with Crippen molar-refractivity contribution in [1.29, 1.82) is 0 Å². The van der Waals surface area contributed by atoms with Gasteiger partial charge in [0, 0.05) is 13.0 Å². The number of hydrogen-bond acceptors (Lipinski definition) is 3. The van der Waals surface area contributed by atoms with Crippen LogP contribution < -0.4 is 0 Å². The third kappa shape index (κ3) is 3.53. The molecule has 0 rings (SSSR count). The summed E-state index contributed by atoms with van der Waals surface area (Å²) in [5, 5.41) is 0. The van der Waals surface area contributed by atoms with Crippen LogP contribution in [0.15, 0.2) is 0 Å². The molecule has 0 fully saturated rings. The third-order valence-corrected chi connectivity index (χ3v) is 2.86. The van der Waals surface area contributed by atoms with Gasteiger partial charge in [-0.15, -0.1) is 0 Å². The zero-order chi connectivity index (χ0) is 12.2. The fourth-order valence-electron chi connectivity index (χ4n) is 1.13. The number of nitrogens with zero attached hydrogens (tertiary/aromatic N) is 1. The first-order valence-electron chi connectivity index (χ1n) is 5.17. The number of carbonyl (C=O) groups is 2. The van der Waals surface area contributed by atoms with Crippen molar-refractivity contribution in [2.45, 2.75) is 33.7 Å². The molecule has 0 heterocycles. The Balaban J connectivity index is 4.50. The summed E-state index contributed by atoms with van der Waals surface area (Å²) in [6.07, 6.45) is 0. The zero-order valence-electron chi connectivity index (χ0n) is 10.4. The molecule has 88 valence electrons. The van der Waals surface area contributed by atoms with E-state index in [1.54, 1.807) is 14.0 Å². The topological polar surface area (TPSA) is 46.6 Å². The van der Waals surface area contributed by atoms with Crippen LogP contribution in [0.25, 0.3) is 0 Å². The van der Waals surface area contributed by atoms with Gasteiger partial charge >= 0.3 is 5.97 Å². The van der Waals surface area contributed by atoms with Gasteiger partial charge in [0.1, 0.15) is 6.04 Å². The number of hydrogen-bond donors (Lipinski definition) is 0. The maximum atomic E-state index is 11.9. The highest BCUT2D eigenvalue weighted by Gasteiger charge is 2.27. The highest BCUT2D eigenvalue weighted by molar-refractivity contribution is 5.85. The number of esters is 1. The highest BCUT2D eigenvalue weighted by Crippen LogP contribution is 2.14. The summed E-state index contributed by atoms with van der Waals surface area (Å²) in [5.74, 6) is -0.225. The number of amides is 1. The monoisotopic (exact) mass is 215 g/mol. The Labute approximate surface area is 91.6 Å². The third-order valence-electron chi connectivity index (χ3n) is 2.86. The molecule has 0 spiro atoms. The maximum Gasteiger partial charge on any atom is 0.328 e. The van der Waals surface area contributed by atoms with Gasteiger partial charge in [0.05, 0.1) is 7.11 Å². The molecule has 1 unspecified atom stereocenters. The lowest BCUT2D eigenvalue weighted by Crippen LogP contribution is -2.44. The smallest absolute Gasteiger partial charge is 0.328 e. The molecule has 15 heavy (non-hydrogen) atoms. The molecular weight excluding hydrogens is 194 g/mol. The summed E-state index contributed by atoms with van der Waals surface area (Å²) in [5.41, 5.74) is 0. The summed E-state index contributed by atoms with van der Waals surface area (Å²) in [6.45, 7) is 7.50. The van der Waals surface area contributed by atoms with Crippen molar-refractivity contribution < 1.29 is 14.3 Å². The molecule has 0 aliphatic heterocycles. The minimum absolute atomic E-state index is 0.0251. The van der Waals surface area contributed by atoms with Gasteiger partial charge in [-0.1, -0.05) is 20.8 Å². The summed E-state index contributed by atoms with van der Waals surface area (Å²) >= 11 is 0. The lowest BCUT2D eigenvalue weighted by molar-refractivity contribution is -0.152. The fraction of sp³-hybridized carbons (Fsp3) is 0.818. The second-order valence-corrected chi connectivity index (χ2v) is 4.18. The van der Waals surface area contributed by atoms with E-state index in [0.717, 1.165) is 0 Å². The van der Waals surface area contributed by atoms with Crippen LogP contribution in [-0.2, 0) is 14.3 Å². The second kappa shape index (κ2) is 5.73. The van der Waals surface area contributed by atoms with E-state index in [1.807, 2.05) is 20.8 Å². The molecule has 4 heteroatoms. The van der Waals surface area contributed by atoms with E-state index >= 15 is 0 Å². The summed E-state index contributed by atoms with van der Waals surface area (Å²) < 4.78 is 4.59. The number of carbonyl (C=O) groups excluding carboxylic acids is 2. The molecule has 0 aromatic heterocycles. The lowest BCUT2D eigenvalue weighted by Gasteiger charge is -2.27. The first-order chi connectivity index (χ1) is 6.82. The van der Waals surface area contributed by atoms with Crippen molar-refractivity contribution in [2.75, 3.05) is 14.2 Å². The van der Waals surface area contributed by atoms with E-state index in [4.69, 9.17) is 0 Å². The normalized spacial score (nSPS) is 14.6. The highest BCUT2D eigenvalue weighted by atomic mass is 16.5. The molecule has 2 atom stereocenters. The number of methoxy groups -OCH3 is 1. The van der Waals surface area contributed by atoms with Crippen LogP contribution in [0, 0.1) is 11.8 Å². The molecule has 0 N–H and O–H groups in total. The molecule has 0 aromatic carbocycles. The van der Waals surface area contributed by atoms with Crippen LogP contribution in [-0.4, -0.2) is 37.0 Å². The molecule has 4 nitrogen and oxygen atoms in total. The quantitative estimate of drug-likeness (QED) is 0.664. The number of ether oxygens (including phenoxy) is 1. The van der Waals surface area contributed by atoms with Crippen LogP contribution >= 0.6 is 0 Å². The molecule has 0 aliphatic carbocycles. The predicted octanol–water partition coefficient (Wildman–Crippen LogP) is 1.30. The van der Waals surface area contributed by atoms with E-state index < -0.39 is 6.04 Å². The van der Waals surface area contributed by atoms with E-state index in [2.05, 4.69) is 4.74 Å². The van der Waals surface area contributed by atoms with Crippen molar-refractivity contribution in [3.63, 3.8) is 0 Å². The molecule has 0 saturated carbocycles. The van der Waals surface area contributed by atoms with Crippen LogP contribution in [0.5, 0.6) is 0 Å². The van der Waals surface area contributed by atoms with E-state index in [-0.39, 0.29) is 23.7 Å². The predicted molar refractivity (Wildman–Crippen MR) is 58.3 cm³/mol.